The molecule has 5 heteroatoms. The molecule has 27 heavy (non-hydrogen) atoms. The zero-order valence-corrected chi connectivity index (χ0v) is 17.7. The number of esters is 2. The number of ether oxygens (including phenoxy) is 3. The summed E-state index contributed by atoms with van der Waals surface area (Å²) in [5.74, 6) is -1.31. The Hall–Kier alpha value is -1.52. The van der Waals surface area contributed by atoms with E-state index in [1.165, 1.54) is 6.26 Å². The Morgan fingerprint density at radius 3 is 1.41 bits per heavy atom. The first-order valence-electron chi connectivity index (χ1n) is 10.8. The summed E-state index contributed by atoms with van der Waals surface area (Å²) in [5, 5.41) is 0. The van der Waals surface area contributed by atoms with Gasteiger partial charge in [-0.1, -0.05) is 78.6 Å². The molecule has 0 saturated heterocycles. The molecule has 0 N–H and O–H groups in total. The number of hydrogen-bond donors (Lipinski definition) is 0. The van der Waals surface area contributed by atoms with Gasteiger partial charge in [0, 0.05) is 0 Å². The lowest BCUT2D eigenvalue weighted by atomic mass is 10.2. The highest BCUT2D eigenvalue weighted by molar-refractivity contribution is 6.13. The van der Waals surface area contributed by atoms with Gasteiger partial charge in [0.15, 0.2) is 5.57 Å². The molecular weight excluding hydrogens is 344 g/mol. The lowest BCUT2D eigenvalue weighted by molar-refractivity contribution is -0.147. The molecule has 0 unspecified atom stereocenters. The van der Waals surface area contributed by atoms with Crippen molar-refractivity contribution in [1.82, 2.24) is 0 Å². The largest absolute Gasteiger partial charge is 0.500 e. The van der Waals surface area contributed by atoms with Crippen LogP contribution in [0.25, 0.3) is 0 Å². The molecule has 0 radical (unpaired) electrons. The van der Waals surface area contributed by atoms with Crippen molar-refractivity contribution in [3.63, 3.8) is 0 Å². The molecule has 5 nitrogen and oxygen atoms in total. The van der Waals surface area contributed by atoms with E-state index in [1.54, 1.807) is 0 Å². The van der Waals surface area contributed by atoms with Crippen molar-refractivity contribution in [1.29, 1.82) is 0 Å². The Morgan fingerprint density at radius 2 is 1.00 bits per heavy atom. The Labute approximate surface area is 165 Å². The van der Waals surface area contributed by atoms with Crippen molar-refractivity contribution in [3.05, 3.63) is 11.8 Å². The second kappa shape index (κ2) is 19.2. The normalized spacial score (nSPS) is 10.3. The van der Waals surface area contributed by atoms with Gasteiger partial charge in [0.2, 0.25) is 0 Å². The van der Waals surface area contributed by atoms with Gasteiger partial charge in [-0.05, 0) is 19.3 Å². The molecule has 0 aliphatic carbocycles. The zero-order valence-electron chi connectivity index (χ0n) is 17.7. The lowest BCUT2D eigenvalue weighted by Crippen LogP contribution is -2.20. The van der Waals surface area contributed by atoms with E-state index in [0.29, 0.717) is 19.8 Å². The van der Waals surface area contributed by atoms with Gasteiger partial charge < -0.3 is 14.2 Å². The average molecular weight is 385 g/mol. The van der Waals surface area contributed by atoms with Crippen LogP contribution in [0.5, 0.6) is 0 Å². The Balaban J connectivity index is 4.44. The van der Waals surface area contributed by atoms with Gasteiger partial charge in [-0.2, -0.15) is 0 Å². The van der Waals surface area contributed by atoms with Crippen LogP contribution in [-0.2, 0) is 23.8 Å². The topological polar surface area (TPSA) is 61.8 Å². The Bertz CT molecular complexity index is 376. The van der Waals surface area contributed by atoms with Gasteiger partial charge in [0.1, 0.15) is 6.26 Å². The van der Waals surface area contributed by atoms with Gasteiger partial charge in [-0.3, -0.25) is 0 Å². The summed E-state index contributed by atoms with van der Waals surface area (Å²) in [6.45, 7) is 7.51. The molecule has 0 fully saturated rings. The average Bonchev–Trinajstić information content (AvgIpc) is 2.66. The summed E-state index contributed by atoms with van der Waals surface area (Å²) in [6, 6.07) is 0. The van der Waals surface area contributed by atoms with Gasteiger partial charge >= 0.3 is 11.9 Å². The highest BCUT2D eigenvalue weighted by atomic mass is 16.6. The van der Waals surface area contributed by atoms with E-state index in [0.717, 1.165) is 77.0 Å². The van der Waals surface area contributed by atoms with E-state index in [1.807, 2.05) is 0 Å². The van der Waals surface area contributed by atoms with E-state index in [4.69, 9.17) is 14.2 Å². The van der Waals surface area contributed by atoms with E-state index < -0.39 is 11.9 Å². The highest BCUT2D eigenvalue weighted by Crippen LogP contribution is 2.08. The van der Waals surface area contributed by atoms with Crippen molar-refractivity contribution < 1.29 is 23.8 Å². The third kappa shape index (κ3) is 15.3. The first-order chi connectivity index (χ1) is 13.2. The van der Waals surface area contributed by atoms with Crippen molar-refractivity contribution in [3.8, 4) is 0 Å². The van der Waals surface area contributed by atoms with Crippen molar-refractivity contribution in [2.24, 2.45) is 0 Å². The minimum atomic E-state index is -0.654. The predicted molar refractivity (Wildman–Crippen MR) is 108 cm³/mol. The van der Waals surface area contributed by atoms with Crippen LogP contribution in [0, 0.1) is 0 Å². The van der Waals surface area contributed by atoms with Crippen LogP contribution < -0.4 is 0 Å². The zero-order chi connectivity index (χ0) is 20.2. The van der Waals surface area contributed by atoms with E-state index in [-0.39, 0.29) is 5.57 Å². The van der Waals surface area contributed by atoms with Crippen LogP contribution in [0.15, 0.2) is 11.8 Å². The van der Waals surface area contributed by atoms with Gasteiger partial charge in [-0.15, -0.1) is 0 Å². The monoisotopic (exact) mass is 384 g/mol. The molecule has 0 aromatic heterocycles. The van der Waals surface area contributed by atoms with E-state index >= 15 is 0 Å². The van der Waals surface area contributed by atoms with Crippen LogP contribution in [0.4, 0.5) is 0 Å². The summed E-state index contributed by atoms with van der Waals surface area (Å²) in [5.41, 5.74) is -0.142. The van der Waals surface area contributed by atoms with Gasteiger partial charge in [-0.25, -0.2) is 9.59 Å². The molecule has 158 valence electrons. The summed E-state index contributed by atoms with van der Waals surface area (Å²) < 4.78 is 15.9. The summed E-state index contributed by atoms with van der Waals surface area (Å²) >= 11 is 0. The standard InChI is InChI=1S/C22H40O5/c1-4-7-10-13-16-25-19-20(21(23)26-17-14-11-8-5-2)22(24)27-18-15-12-9-6-3/h19H,4-18H2,1-3H3. The van der Waals surface area contributed by atoms with Crippen LogP contribution in [0.2, 0.25) is 0 Å². The van der Waals surface area contributed by atoms with Crippen LogP contribution >= 0.6 is 0 Å². The summed E-state index contributed by atoms with van der Waals surface area (Å²) in [7, 11) is 0. The highest BCUT2D eigenvalue weighted by Gasteiger charge is 2.22. The molecule has 0 aromatic rings. The van der Waals surface area contributed by atoms with Crippen molar-refractivity contribution in [2.45, 2.75) is 97.8 Å². The second-order valence-corrected chi connectivity index (χ2v) is 6.86. The summed E-state index contributed by atoms with van der Waals surface area (Å²) in [6.07, 6.45) is 13.6. The van der Waals surface area contributed by atoms with E-state index in [2.05, 4.69) is 20.8 Å². The third-order valence-electron chi connectivity index (χ3n) is 4.22. The third-order valence-corrected chi connectivity index (χ3v) is 4.22. The van der Waals surface area contributed by atoms with Gasteiger partial charge in [0.05, 0.1) is 19.8 Å². The molecule has 0 bridgehead atoms. The quantitative estimate of drug-likeness (QED) is 0.0756. The van der Waals surface area contributed by atoms with Crippen molar-refractivity contribution >= 4 is 11.9 Å². The molecule has 0 atom stereocenters. The number of carbonyl (C=O) groups excluding carboxylic acids is 2. The predicted octanol–water partition coefficient (Wildman–Crippen LogP) is 5.71. The minimum Gasteiger partial charge on any atom is -0.500 e. The molecule has 0 rings (SSSR count). The van der Waals surface area contributed by atoms with Crippen LogP contribution in [0.3, 0.4) is 0 Å². The maximum atomic E-state index is 12.2. The van der Waals surface area contributed by atoms with Crippen LogP contribution in [-0.4, -0.2) is 31.8 Å². The first-order valence-corrected chi connectivity index (χ1v) is 10.8. The smallest absolute Gasteiger partial charge is 0.348 e. The maximum absolute atomic E-state index is 12.2. The number of hydrogen-bond acceptors (Lipinski definition) is 5. The Morgan fingerprint density at radius 1 is 0.593 bits per heavy atom. The fraction of sp³-hybridized carbons (Fsp3) is 0.818. The van der Waals surface area contributed by atoms with Crippen molar-refractivity contribution in [2.75, 3.05) is 19.8 Å². The minimum absolute atomic E-state index is 0.142. The lowest BCUT2D eigenvalue weighted by Gasteiger charge is -2.09. The number of carbonyl (C=O) groups is 2. The molecule has 0 spiro atoms. The first kappa shape index (κ1) is 25.5. The molecule has 0 aliphatic heterocycles. The molecule has 0 aliphatic rings. The number of unbranched alkanes of at least 4 members (excludes halogenated alkanes) is 9. The fourth-order valence-electron chi connectivity index (χ4n) is 2.48. The molecule has 0 heterocycles. The fourth-order valence-corrected chi connectivity index (χ4v) is 2.48. The molecule has 0 amide bonds. The second-order valence-electron chi connectivity index (χ2n) is 6.86. The maximum Gasteiger partial charge on any atom is 0.348 e. The van der Waals surface area contributed by atoms with Crippen LogP contribution in [0.1, 0.15) is 97.8 Å². The Kier molecular flexibility index (Phi) is 18.2. The van der Waals surface area contributed by atoms with Gasteiger partial charge in [0.25, 0.3) is 0 Å². The SMILES string of the molecule is CCCCCCOC=C(C(=O)OCCCCCC)C(=O)OCCCCCC. The summed E-state index contributed by atoms with van der Waals surface area (Å²) in [4.78, 5) is 24.5. The number of rotatable bonds is 18. The molecule has 0 saturated carbocycles. The molecular formula is C22H40O5. The molecule has 0 aromatic carbocycles. The van der Waals surface area contributed by atoms with E-state index in [9.17, 15) is 9.59 Å².